The van der Waals surface area contributed by atoms with Gasteiger partial charge in [0.05, 0.1) is 11.3 Å². The maximum atomic E-state index is 10.8. The zero-order valence-electron chi connectivity index (χ0n) is 13.1. The molecule has 0 radical (unpaired) electrons. The summed E-state index contributed by atoms with van der Waals surface area (Å²) >= 11 is 0. The molecule has 0 heterocycles. The molecule has 0 aliphatic carbocycles. The minimum Gasteiger partial charge on any atom is -0.347 e. The van der Waals surface area contributed by atoms with Gasteiger partial charge in [0.25, 0.3) is 10.1 Å². The van der Waals surface area contributed by atoms with Crippen molar-refractivity contribution >= 4 is 16.0 Å². The highest BCUT2D eigenvalue weighted by Crippen LogP contribution is 2.05. The predicted molar refractivity (Wildman–Crippen MR) is 82.3 cm³/mol. The van der Waals surface area contributed by atoms with Crippen molar-refractivity contribution in [3.63, 3.8) is 0 Å². The lowest BCUT2D eigenvalue weighted by Crippen LogP contribution is -2.47. The molecular formula is C13H28N2O4S. The molecule has 1 amide bonds. The summed E-state index contributed by atoms with van der Waals surface area (Å²) in [4.78, 5) is 13.2. The van der Waals surface area contributed by atoms with Crippen LogP contribution in [0.4, 0.5) is 0 Å². The van der Waals surface area contributed by atoms with Crippen molar-refractivity contribution in [2.45, 2.75) is 40.2 Å². The fraction of sp³-hybridized carbons (Fsp3) is 0.769. The predicted octanol–water partition coefficient (Wildman–Crippen LogP) is 1.30. The van der Waals surface area contributed by atoms with Gasteiger partial charge in [-0.05, 0) is 39.6 Å². The van der Waals surface area contributed by atoms with Crippen LogP contribution in [0.2, 0.25) is 0 Å². The number of nitrogens with zero attached hydrogens (tertiary/aromatic N) is 1. The highest BCUT2D eigenvalue weighted by Gasteiger charge is 2.25. The summed E-state index contributed by atoms with van der Waals surface area (Å²) in [5.41, 5.74) is -1.00. The Labute approximate surface area is 123 Å². The Hall–Kier alpha value is -0.920. The molecule has 2 N–H and O–H groups in total. The maximum Gasteiger partial charge on any atom is 0.267 e. The van der Waals surface area contributed by atoms with Gasteiger partial charge in [-0.2, -0.15) is 8.42 Å². The van der Waals surface area contributed by atoms with Crippen LogP contribution in [0.3, 0.4) is 0 Å². The molecule has 0 aliphatic heterocycles. The molecule has 0 fully saturated rings. The Morgan fingerprint density at radius 2 is 1.65 bits per heavy atom. The second-order valence-corrected chi connectivity index (χ2v) is 6.38. The molecule has 0 aliphatic rings. The highest BCUT2D eigenvalue weighted by molar-refractivity contribution is 7.85. The van der Waals surface area contributed by atoms with Crippen molar-refractivity contribution in [2.75, 3.05) is 25.4 Å². The highest BCUT2D eigenvalue weighted by atomic mass is 32.2. The Balaban J connectivity index is 0. The van der Waals surface area contributed by atoms with E-state index in [1.54, 1.807) is 0 Å². The first-order valence-corrected chi connectivity index (χ1v) is 8.24. The van der Waals surface area contributed by atoms with E-state index in [1.165, 1.54) is 33.5 Å². The van der Waals surface area contributed by atoms with Crippen molar-refractivity contribution in [3.8, 4) is 0 Å². The maximum absolute atomic E-state index is 10.8. The molecule has 0 atom stereocenters. The Morgan fingerprint density at radius 3 is 1.85 bits per heavy atom. The van der Waals surface area contributed by atoms with Crippen molar-refractivity contribution in [3.05, 3.63) is 12.7 Å². The summed E-state index contributed by atoms with van der Waals surface area (Å²) in [7, 11) is -4.08. The third kappa shape index (κ3) is 13.5. The number of carbonyl (C=O) groups excluding carboxylic acids is 1. The minimum atomic E-state index is -4.08. The van der Waals surface area contributed by atoms with Crippen LogP contribution in [0.1, 0.15) is 34.6 Å². The van der Waals surface area contributed by atoms with Gasteiger partial charge in [-0.1, -0.05) is 27.4 Å². The van der Waals surface area contributed by atoms with Crippen molar-refractivity contribution in [2.24, 2.45) is 0 Å². The average Bonchev–Trinajstić information content (AvgIpc) is 2.28. The van der Waals surface area contributed by atoms with Crippen molar-refractivity contribution in [1.82, 2.24) is 10.2 Å². The number of hydrogen-bond donors (Lipinski definition) is 2. The number of carbonyl (C=O) groups is 1. The van der Waals surface area contributed by atoms with Crippen LogP contribution in [0.5, 0.6) is 0 Å². The van der Waals surface area contributed by atoms with Crippen molar-refractivity contribution in [1.29, 1.82) is 0 Å². The van der Waals surface area contributed by atoms with Gasteiger partial charge >= 0.3 is 0 Å². The second-order valence-electron chi connectivity index (χ2n) is 4.92. The monoisotopic (exact) mass is 308 g/mol. The topological polar surface area (TPSA) is 86.7 Å². The van der Waals surface area contributed by atoms with Gasteiger partial charge in [0.15, 0.2) is 0 Å². The zero-order chi connectivity index (χ0) is 16.4. The summed E-state index contributed by atoms with van der Waals surface area (Å²) in [5.74, 6) is -1.01. The first kappa shape index (κ1) is 21.4. The molecule has 0 saturated heterocycles. The molecule has 0 saturated carbocycles. The lowest BCUT2D eigenvalue weighted by molar-refractivity contribution is -0.117. The van der Waals surface area contributed by atoms with Gasteiger partial charge in [-0.3, -0.25) is 9.35 Å². The molecule has 0 unspecified atom stereocenters. The van der Waals surface area contributed by atoms with Crippen LogP contribution in [0.25, 0.3) is 0 Å². The van der Waals surface area contributed by atoms with Crippen LogP contribution >= 0.6 is 0 Å². The largest absolute Gasteiger partial charge is 0.347 e. The number of amides is 1. The first-order valence-electron chi connectivity index (χ1n) is 6.63. The second kappa shape index (κ2) is 9.90. The van der Waals surface area contributed by atoms with Crippen LogP contribution in [-0.2, 0) is 14.9 Å². The van der Waals surface area contributed by atoms with E-state index in [0.717, 1.165) is 6.08 Å². The van der Waals surface area contributed by atoms with E-state index >= 15 is 0 Å². The quantitative estimate of drug-likeness (QED) is 0.547. The summed E-state index contributed by atoms with van der Waals surface area (Å²) in [6.45, 7) is 16.3. The SMILES string of the molecule is C=CC(=O)NC(C)(C)CS(=O)(=O)O.CCN(CC)CC. The molecule has 7 heteroatoms. The van der Waals surface area contributed by atoms with E-state index in [4.69, 9.17) is 4.55 Å². The molecule has 0 spiro atoms. The van der Waals surface area contributed by atoms with E-state index < -0.39 is 27.3 Å². The van der Waals surface area contributed by atoms with Crippen LogP contribution < -0.4 is 5.32 Å². The molecule has 120 valence electrons. The molecule has 0 aromatic carbocycles. The fourth-order valence-electron chi connectivity index (χ4n) is 1.55. The van der Waals surface area contributed by atoms with Crippen LogP contribution in [-0.4, -0.2) is 54.7 Å². The van der Waals surface area contributed by atoms with Gasteiger partial charge in [0, 0.05) is 0 Å². The van der Waals surface area contributed by atoms with Gasteiger partial charge in [-0.25, -0.2) is 0 Å². The van der Waals surface area contributed by atoms with Crippen molar-refractivity contribution < 1.29 is 17.8 Å². The lowest BCUT2D eigenvalue weighted by Gasteiger charge is -2.23. The first-order chi connectivity index (χ1) is 9.01. The molecule has 0 aromatic rings. The summed E-state index contributed by atoms with van der Waals surface area (Å²) in [5, 5.41) is 2.37. The van der Waals surface area contributed by atoms with E-state index in [-0.39, 0.29) is 0 Å². The molecule has 0 bridgehead atoms. The fourth-order valence-corrected chi connectivity index (χ4v) is 2.53. The minimum absolute atomic E-state index is 0.478. The van der Waals surface area contributed by atoms with E-state index in [2.05, 4.69) is 37.6 Å². The van der Waals surface area contributed by atoms with E-state index in [1.807, 2.05) is 0 Å². The van der Waals surface area contributed by atoms with Crippen LogP contribution in [0, 0.1) is 0 Å². The van der Waals surface area contributed by atoms with Gasteiger partial charge in [0.2, 0.25) is 5.91 Å². The van der Waals surface area contributed by atoms with Gasteiger partial charge in [-0.15, -0.1) is 0 Å². The van der Waals surface area contributed by atoms with Gasteiger partial charge < -0.3 is 10.2 Å². The third-order valence-electron chi connectivity index (χ3n) is 2.53. The Kier molecular flexibility index (Phi) is 10.6. The molecule has 0 rings (SSSR count). The average molecular weight is 308 g/mol. The normalized spacial score (nSPS) is 11.6. The standard InChI is InChI=1S/C7H13NO4S.C6H15N/c1-4-6(9)8-7(2,3)5-13(10,11)12;1-4-7(5-2)6-3/h4H,1,5H2,2-3H3,(H,8,9)(H,10,11,12);4-6H2,1-3H3. The summed E-state index contributed by atoms with van der Waals surface area (Å²) < 4.78 is 29.5. The molecule has 0 aromatic heterocycles. The zero-order valence-corrected chi connectivity index (χ0v) is 14.0. The van der Waals surface area contributed by atoms with E-state index in [0.29, 0.717) is 0 Å². The Bertz CT molecular complexity index is 382. The van der Waals surface area contributed by atoms with E-state index in [9.17, 15) is 13.2 Å². The molecule has 20 heavy (non-hydrogen) atoms. The summed E-state index contributed by atoms with van der Waals surface area (Å²) in [6.07, 6.45) is 1.03. The summed E-state index contributed by atoms with van der Waals surface area (Å²) in [6, 6.07) is 0. The number of nitrogens with one attached hydrogen (secondary N) is 1. The Morgan fingerprint density at radius 1 is 1.25 bits per heavy atom. The number of rotatable bonds is 7. The van der Waals surface area contributed by atoms with Gasteiger partial charge in [0.1, 0.15) is 0 Å². The lowest BCUT2D eigenvalue weighted by atomic mass is 10.1. The van der Waals surface area contributed by atoms with Crippen LogP contribution in [0.15, 0.2) is 12.7 Å². The third-order valence-corrected chi connectivity index (χ3v) is 3.62. The molecule has 6 nitrogen and oxygen atoms in total. The number of hydrogen-bond acceptors (Lipinski definition) is 4. The smallest absolute Gasteiger partial charge is 0.267 e. The molecular weight excluding hydrogens is 280 g/mol.